The lowest BCUT2D eigenvalue weighted by Gasteiger charge is -2.19. The first kappa shape index (κ1) is 14.6. The van der Waals surface area contributed by atoms with Crippen molar-refractivity contribution in [2.45, 2.75) is 37.0 Å². The second kappa shape index (κ2) is 7.12. The average Bonchev–Trinajstić information content (AvgIpc) is 2.94. The Balaban J connectivity index is 2.03. The highest BCUT2D eigenvalue weighted by atomic mass is 32.2. The van der Waals surface area contributed by atoms with Crippen molar-refractivity contribution >= 4 is 11.8 Å². The zero-order chi connectivity index (χ0) is 13.7. The number of halogens is 1. The summed E-state index contributed by atoms with van der Waals surface area (Å²) in [4.78, 5) is 0. The zero-order valence-corrected chi connectivity index (χ0v) is 12.0. The lowest BCUT2D eigenvalue weighted by Crippen LogP contribution is -2.31. The Bertz CT molecular complexity index is 410. The molecular formula is C14H21FN2OS. The van der Waals surface area contributed by atoms with Crippen LogP contribution in [0, 0.1) is 5.82 Å². The van der Waals surface area contributed by atoms with Crippen LogP contribution in [0.1, 0.15) is 37.3 Å². The van der Waals surface area contributed by atoms with Crippen LogP contribution in [0.25, 0.3) is 0 Å². The van der Waals surface area contributed by atoms with Gasteiger partial charge in [-0.05, 0) is 18.9 Å². The lowest BCUT2D eigenvalue weighted by atomic mass is 10.1. The average molecular weight is 284 g/mol. The van der Waals surface area contributed by atoms with E-state index in [9.17, 15) is 4.39 Å². The van der Waals surface area contributed by atoms with Crippen LogP contribution in [0.2, 0.25) is 0 Å². The largest absolute Gasteiger partial charge is 0.494 e. The predicted octanol–water partition coefficient (Wildman–Crippen LogP) is 3.01. The summed E-state index contributed by atoms with van der Waals surface area (Å²) in [5, 5.41) is 0.699. The maximum Gasteiger partial charge on any atom is 0.169 e. The molecule has 3 nitrogen and oxygen atoms in total. The third-order valence-electron chi connectivity index (χ3n) is 3.59. The summed E-state index contributed by atoms with van der Waals surface area (Å²) in [6.45, 7) is 0. The number of rotatable bonds is 6. The molecule has 0 radical (unpaired) electrons. The van der Waals surface area contributed by atoms with Crippen LogP contribution in [0.3, 0.4) is 0 Å². The summed E-state index contributed by atoms with van der Waals surface area (Å²) in [6, 6.07) is 5.00. The molecule has 3 N–H and O–H groups in total. The van der Waals surface area contributed by atoms with Crippen LogP contribution in [0.15, 0.2) is 18.2 Å². The number of ether oxygens (including phenoxy) is 1. The van der Waals surface area contributed by atoms with Gasteiger partial charge in [0.05, 0.1) is 13.2 Å². The molecule has 106 valence electrons. The summed E-state index contributed by atoms with van der Waals surface area (Å²) >= 11 is 1.88. The molecule has 1 aromatic carbocycles. The number of methoxy groups -OCH3 is 1. The van der Waals surface area contributed by atoms with Crippen molar-refractivity contribution in [3.05, 3.63) is 29.6 Å². The van der Waals surface area contributed by atoms with Crippen molar-refractivity contribution in [2.75, 3.05) is 12.9 Å². The Hall–Kier alpha value is -0.780. The number of hydrogen-bond donors (Lipinski definition) is 2. The monoisotopic (exact) mass is 284 g/mol. The Labute approximate surface area is 118 Å². The number of nitrogens with two attached hydrogens (primary N) is 1. The molecule has 0 saturated heterocycles. The Morgan fingerprint density at radius 3 is 2.84 bits per heavy atom. The van der Waals surface area contributed by atoms with Gasteiger partial charge in [0.15, 0.2) is 11.6 Å². The Morgan fingerprint density at radius 1 is 1.47 bits per heavy atom. The van der Waals surface area contributed by atoms with Gasteiger partial charge < -0.3 is 4.74 Å². The van der Waals surface area contributed by atoms with E-state index in [0.717, 1.165) is 5.75 Å². The van der Waals surface area contributed by atoms with E-state index in [-0.39, 0.29) is 17.6 Å². The predicted molar refractivity (Wildman–Crippen MR) is 77.7 cm³/mol. The molecule has 1 unspecified atom stereocenters. The Kier molecular flexibility index (Phi) is 5.48. The van der Waals surface area contributed by atoms with Crippen LogP contribution in [0.5, 0.6) is 5.75 Å². The minimum Gasteiger partial charge on any atom is -0.494 e. The number of thioether (sulfide) groups is 1. The smallest absolute Gasteiger partial charge is 0.169 e. The molecule has 1 saturated carbocycles. The highest BCUT2D eigenvalue weighted by molar-refractivity contribution is 7.99. The molecule has 1 aromatic rings. The molecule has 2 rings (SSSR count). The van der Waals surface area contributed by atoms with Gasteiger partial charge in [0, 0.05) is 16.6 Å². The van der Waals surface area contributed by atoms with E-state index in [0.29, 0.717) is 10.8 Å². The molecule has 1 fully saturated rings. The molecule has 0 aromatic heterocycles. The standard InChI is InChI=1S/C14H21FN2OS/c1-18-13-8-4-7-11(14(13)15)12(17-16)9-19-10-5-2-3-6-10/h4,7-8,10,12,17H,2-3,5-6,9,16H2,1H3. The molecule has 1 aliphatic carbocycles. The number of hydrogen-bond acceptors (Lipinski definition) is 4. The molecule has 0 heterocycles. The quantitative estimate of drug-likeness (QED) is 0.623. The van der Waals surface area contributed by atoms with Crippen molar-refractivity contribution in [1.29, 1.82) is 0 Å². The van der Waals surface area contributed by atoms with Crippen LogP contribution in [0.4, 0.5) is 4.39 Å². The minimum atomic E-state index is -0.319. The summed E-state index contributed by atoms with van der Waals surface area (Å²) < 4.78 is 19.2. The van der Waals surface area contributed by atoms with Crippen LogP contribution in [-0.4, -0.2) is 18.1 Å². The first-order valence-electron chi connectivity index (χ1n) is 6.66. The third kappa shape index (κ3) is 3.61. The Morgan fingerprint density at radius 2 is 2.21 bits per heavy atom. The van der Waals surface area contributed by atoms with E-state index in [4.69, 9.17) is 10.6 Å². The molecule has 0 spiro atoms. The lowest BCUT2D eigenvalue weighted by molar-refractivity contribution is 0.381. The van der Waals surface area contributed by atoms with Gasteiger partial charge in [0.1, 0.15) is 0 Å². The van der Waals surface area contributed by atoms with Gasteiger partial charge in [0.25, 0.3) is 0 Å². The van der Waals surface area contributed by atoms with Gasteiger partial charge in [-0.15, -0.1) is 0 Å². The minimum absolute atomic E-state index is 0.180. The molecule has 1 atom stereocenters. The third-order valence-corrected chi connectivity index (χ3v) is 5.06. The number of benzene rings is 1. The normalized spacial score (nSPS) is 17.6. The first-order chi connectivity index (χ1) is 9.26. The van der Waals surface area contributed by atoms with Crippen molar-refractivity contribution in [1.82, 2.24) is 5.43 Å². The van der Waals surface area contributed by atoms with Gasteiger partial charge in [-0.3, -0.25) is 11.3 Å². The van der Waals surface area contributed by atoms with Crippen molar-refractivity contribution in [2.24, 2.45) is 5.84 Å². The van der Waals surface area contributed by atoms with Gasteiger partial charge in [-0.1, -0.05) is 25.0 Å². The summed E-state index contributed by atoms with van der Waals surface area (Å²) in [7, 11) is 1.47. The van der Waals surface area contributed by atoms with Crippen molar-refractivity contribution < 1.29 is 9.13 Å². The van der Waals surface area contributed by atoms with E-state index in [1.54, 1.807) is 18.2 Å². The molecule has 0 amide bonds. The van der Waals surface area contributed by atoms with Crippen molar-refractivity contribution in [3.8, 4) is 5.75 Å². The highest BCUT2D eigenvalue weighted by Crippen LogP contribution is 2.33. The van der Waals surface area contributed by atoms with Crippen LogP contribution >= 0.6 is 11.8 Å². The van der Waals surface area contributed by atoms with E-state index < -0.39 is 0 Å². The fourth-order valence-electron chi connectivity index (χ4n) is 2.47. The fourth-order valence-corrected chi connectivity index (χ4v) is 3.88. The highest BCUT2D eigenvalue weighted by Gasteiger charge is 2.21. The second-order valence-corrected chi connectivity index (χ2v) is 6.16. The molecule has 1 aliphatic rings. The zero-order valence-electron chi connectivity index (χ0n) is 11.2. The second-order valence-electron chi connectivity index (χ2n) is 4.82. The number of nitrogens with one attached hydrogen (secondary N) is 1. The summed E-state index contributed by atoms with van der Waals surface area (Å²) in [6.07, 6.45) is 5.16. The van der Waals surface area contributed by atoms with Gasteiger partial charge >= 0.3 is 0 Å². The fraction of sp³-hybridized carbons (Fsp3) is 0.571. The molecule has 19 heavy (non-hydrogen) atoms. The van der Waals surface area contributed by atoms with E-state index in [2.05, 4.69) is 5.43 Å². The van der Waals surface area contributed by atoms with Crippen LogP contribution in [-0.2, 0) is 0 Å². The molecule has 0 bridgehead atoms. The van der Waals surface area contributed by atoms with E-state index >= 15 is 0 Å². The SMILES string of the molecule is COc1cccc(C(CSC2CCCC2)NN)c1F. The molecule has 5 heteroatoms. The van der Waals surface area contributed by atoms with E-state index in [1.165, 1.54) is 32.8 Å². The topological polar surface area (TPSA) is 47.3 Å². The number of hydrazine groups is 1. The van der Waals surface area contributed by atoms with Crippen molar-refractivity contribution in [3.63, 3.8) is 0 Å². The maximum absolute atomic E-state index is 14.2. The van der Waals surface area contributed by atoms with E-state index in [1.807, 2.05) is 11.8 Å². The molecular weight excluding hydrogens is 263 g/mol. The molecule has 0 aliphatic heterocycles. The summed E-state index contributed by atoms with van der Waals surface area (Å²) in [5.74, 6) is 6.31. The van der Waals surface area contributed by atoms with Crippen LogP contribution < -0.4 is 16.0 Å². The first-order valence-corrected chi connectivity index (χ1v) is 7.71. The maximum atomic E-state index is 14.2. The summed E-state index contributed by atoms with van der Waals surface area (Å²) in [5.41, 5.74) is 3.29. The van der Waals surface area contributed by atoms with Gasteiger partial charge in [0.2, 0.25) is 0 Å². The van der Waals surface area contributed by atoms with Gasteiger partial charge in [-0.25, -0.2) is 4.39 Å². The van der Waals surface area contributed by atoms with Gasteiger partial charge in [-0.2, -0.15) is 11.8 Å².